The highest BCUT2D eigenvalue weighted by molar-refractivity contribution is 7.80. The first kappa shape index (κ1) is 19.8. The second-order valence-corrected chi connectivity index (χ2v) is 5.71. The second kappa shape index (κ2) is 9.25. The number of hydrogen-bond donors (Lipinski definition) is 3. The van der Waals surface area contributed by atoms with Crippen molar-refractivity contribution >= 4 is 46.2 Å². The second-order valence-electron chi connectivity index (χ2n) is 5.30. The van der Waals surface area contributed by atoms with E-state index in [9.17, 15) is 19.7 Å². The molecule has 27 heavy (non-hydrogen) atoms. The topological polar surface area (TPSA) is 123 Å². The highest BCUT2D eigenvalue weighted by Gasteiger charge is 2.08. The van der Waals surface area contributed by atoms with Crippen LogP contribution in [0.1, 0.15) is 6.92 Å². The van der Waals surface area contributed by atoms with Gasteiger partial charge in [0.05, 0.1) is 4.92 Å². The summed E-state index contributed by atoms with van der Waals surface area (Å²) >= 11 is 5.05. The van der Waals surface area contributed by atoms with Crippen molar-refractivity contribution in [1.82, 2.24) is 5.32 Å². The quantitative estimate of drug-likeness (QED) is 0.395. The van der Waals surface area contributed by atoms with Gasteiger partial charge in [0.15, 0.2) is 11.7 Å². The van der Waals surface area contributed by atoms with Gasteiger partial charge in [0.1, 0.15) is 5.75 Å². The minimum Gasteiger partial charge on any atom is -0.484 e. The van der Waals surface area contributed by atoms with Crippen molar-refractivity contribution in [3.8, 4) is 5.75 Å². The Balaban J connectivity index is 1.78. The fraction of sp³-hybridized carbons (Fsp3) is 0.118. The van der Waals surface area contributed by atoms with Crippen molar-refractivity contribution in [3.63, 3.8) is 0 Å². The Morgan fingerprint density at radius 1 is 1.04 bits per heavy atom. The van der Waals surface area contributed by atoms with E-state index >= 15 is 0 Å². The van der Waals surface area contributed by atoms with Gasteiger partial charge in [0.2, 0.25) is 5.91 Å². The van der Waals surface area contributed by atoms with E-state index in [0.717, 1.165) is 0 Å². The van der Waals surface area contributed by atoms with Crippen molar-refractivity contribution in [2.24, 2.45) is 0 Å². The molecule has 0 bridgehead atoms. The van der Waals surface area contributed by atoms with Gasteiger partial charge in [-0.15, -0.1) is 0 Å². The van der Waals surface area contributed by atoms with Crippen molar-refractivity contribution in [2.45, 2.75) is 6.92 Å². The van der Waals surface area contributed by atoms with E-state index in [4.69, 9.17) is 17.0 Å². The molecule has 2 amide bonds. The summed E-state index contributed by atoms with van der Waals surface area (Å²) < 4.78 is 5.24. The average molecular weight is 388 g/mol. The molecule has 2 aromatic rings. The molecule has 0 aliphatic carbocycles. The minimum absolute atomic E-state index is 0.0679. The number of rotatable bonds is 6. The van der Waals surface area contributed by atoms with Crippen LogP contribution in [0.2, 0.25) is 0 Å². The smallest absolute Gasteiger partial charge is 0.269 e. The lowest BCUT2D eigenvalue weighted by atomic mass is 10.3. The molecular weight excluding hydrogens is 372 g/mol. The van der Waals surface area contributed by atoms with Crippen molar-refractivity contribution in [3.05, 3.63) is 58.6 Å². The summed E-state index contributed by atoms with van der Waals surface area (Å²) in [7, 11) is 0. The van der Waals surface area contributed by atoms with Crippen LogP contribution < -0.4 is 20.7 Å². The van der Waals surface area contributed by atoms with Gasteiger partial charge in [-0.25, -0.2) is 0 Å². The number of thiocarbonyl (C=S) groups is 1. The van der Waals surface area contributed by atoms with Gasteiger partial charge in [-0.05, 0) is 48.6 Å². The Morgan fingerprint density at radius 2 is 1.59 bits per heavy atom. The number of nitro benzene ring substituents is 1. The van der Waals surface area contributed by atoms with Gasteiger partial charge >= 0.3 is 0 Å². The fourth-order valence-electron chi connectivity index (χ4n) is 1.98. The predicted octanol–water partition coefficient (Wildman–Crippen LogP) is 2.45. The zero-order valence-electron chi connectivity index (χ0n) is 14.2. The third kappa shape index (κ3) is 6.71. The number of nitrogens with zero attached hydrogens (tertiary/aromatic N) is 1. The summed E-state index contributed by atoms with van der Waals surface area (Å²) in [5, 5.41) is 18.6. The van der Waals surface area contributed by atoms with Crippen LogP contribution in [-0.2, 0) is 9.59 Å². The molecule has 0 radical (unpaired) electrons. The lowest BCUT2D eigenvalue weighted by Crippen LogP contribution is -2.37. The van der Waals surface area contributed by atoms with Gasteiger partial charge < -0.3 is 15.4 Å². The first-order valence-corrected chi connectivity index (χ1v) is 8.10. The molecule has 3 N–H and O–H groups in total. The van der Waals surface area contributed by atoms with E-state index in [1.54, 1.807) is 24.3 Å². The third-order valence-electron chi connectivity index (χ3n) is 3.13. The number of carbonyl (C=O) groups is 2. The van der Waals surface area contributed by atoms with Crippen molar-refractivity contribution in [2.75, 3.05) is 17.2 Å². The van der Waals surface area contributed by atoms with Crippen LogP contribution in [0.5, 0.6) is 5.75 Å². The number of nitrogens with one attached hydrogen (secondary N) is 3. The van der Waals surface area contributed by atoms with E-state index in [1.807, 2.05) is 0 Å². The standard InChI is InChI=1S/C17H16N4O5S/c1-11(22)18-12-2-4-13(5-3-12)19-17(27)20-16(23)10-26-15-8-6-14(7-9-15)21(24)25/h2-9H,10H2,1H3,(H,18,22)(H2,19,20,23,27). The highest BCUT2D eigenvalue weighted by atomic mass is 32.1. The van der Waals surface area contributed by atoms with Crippen LogP contribution in [0.25, 0.3) is 0 Å². The van der Waals surface area contributed by atoms with Crippen LogP contribution in [0, 0.1) is 10.1 Å². The zero-order valence-corrected chi connectivity index (χ0v) is 15.0. The molecule has 0 saturated carbocycles. The average Bonchev–Trinajstić information content (AvgIpc) is 2.61. The Morgan fingerprint density at radius 3 is 2.11 bits per heavy atom. The van der Waals surface area contributed by atoms with Crippen LogP contribution in [0.4, 0.5) is 17.1 Å². The molecule has 9 nitrogen and oxygen atoms in total. The number of ether oxygens (including phenoxy) is 1. The van der Waals surface area contributed by atoms with Crippen LogP contribution in [0.15, 0.2) is 48.5 Å². The molecule has 0 heterocycles. The van der Waals surface area contributed by atoms with E-state index in [-0.39, 0.29) is 23.3 Å². The van der Waals surface area contributed by atoms with Gasteiger partial charge in [0, 0.05) is 30.4 Å². The molecule has 2 aromatic carbocycles. The van der Waals surface area contributed by atoms with E-state index in [0.29, 0.717) is 17.1 Å². The predicted molar refractivity (Wildman–Crippen MR) is 104 cm³/mol. The summed E-state index contributed by atoms with van der Waals surface area (Å²) in [6.45, 7) is 1.11. The van der Waals surface area contributed by atoms with E-state index in [1.165, 1.54) is 31.2 Å². The molecule has 0 aromatic heterocycles. The maximum Gasteiger partial charge on any atom is 0.269 e. The van der Waals surface area contributed by atoms with Crippen LogP contribution in [0.3, 0.4) is 0 Å². The first-order chi connectivity index (χ1) is 12.8. The number of anilines is 2. The summed E-state index contributed by atoms with van der Waals surface area (Å²) in [5.41, 5.74) is 1.20. The number of nitro groups is 1. The monoisotopic (exact) mass is 388 g/mol. The van der Waals surface area contributed by atoms with Gasteiger partial charge in [-0.3, -0.25) is 25.0 Å². The number of amides is 2. The molecule has 0 aliphatic rings. The zero-order chi connectivity index (χ0) is 19.8. The van der Waals surface area contributed by atoms with Crippen LogP contribution in [-0.4, -0.2) is 28.5 Å². The van der Waals surface area contributed by atoms with Crippen molar-refractivity contribution in [1.29, 1.82) is 0 Å². The van der Waals surface area contributed by atoms with Gasteiger partial charge in [-0.2, -0.15) is 0 Å². The Labute approximate surface area is 159 Å². The Hall–Kier alpha value is -3.53. The largest absolute Gasteiger partial charge is 0.484 e. The first-order valence-electron chi connectivity index (χ1n) is 7.69. The minimum atomic E-state index is -0.524. The number of benzene rings is 2. The fourth-order valence-corrected chi connectivity index (χ4v) is 2.21. The Kier molecular flexibility index (Phi) is 6.78. The summed E-state index contributed by atoms with van der Waals surface area (Å²) in [6, 6.07) is 12.1. The SMILES string of the molecule is CC(=O)Nc1ccc(NC(=S)NC(=O)COc2ccc([N+](=O)[O-])cc2)cc1. The Bertz CT molecular complexity index is 853. The molecule has 0 unspecified atom stereocenters. The number of carbonyl (C=O) groups excluding carboxylic acids is 2. The van der Waals surface area contributed by atoms with Crippen molar-refractivity contribution < 1.29 is 19.2 Å². The number of hydrogen-bond acceptors (Lipinski definition) is 6. The third-order valence-corrected chi connectivity index (χ3v) is 3.34. The van der Waals surface area contributed by atoms with Crippen LogP contribution >= 0.6 is 12.2 Å². The molecule has 0 aliphatic heterocycles. The molecule has 0 atom stereocenters. The molecule has 2 rings (SSSR count). The van der Waals surface area contributed by atoms with Gasteiger partial charge in [-0.1, -0.05) is 0 Å². The summed E-state index contributed by atoms with van der Waals surface area (Å²) in [5.74, 6) is -0.338. The normalized spacial score (nSPS) is 9.81. The summed E-state index contributed by atoms with van der Waals surface area (Å²) in [6.07, 6.45) is 0. The maximum absolute atomic E-state index is 11.8. The number of non-ortho nitro benzene ring substituents is 1. The molecule has 0 spiro atoms. The highest BCUT2D eigenvalue weighted by Crippen LogP contribution is 2.17. The molecule has 0 fully saturated rings. The molecule has 10 heteroatoms. The van der Waals surface area contributed by atoms with Gasteiger partial charge in [0.25, 0.3) is 11.6 Å². The molecule has 140 valence electrons. The summed E-state index contributed by atoms with van der Waals surface area (Å²) in [4.78, 5) is 32.9. The van der Waals surface area contributed by atoms with E-state index < -0.39 is 10.8 Å². The van der Waals surface area contributed by atoms with E-state index in [2.05, 4.69) is 16.0 Å². The molecule has 0 saturated heterocycles. The lowest BCUT2D eigenvalue weighted by Gasteiger charge is -2.11. The lowest BCUT2D eigenvalue weighted by molar-refractivity contribution is -0.384. The molecular formula is C17H16N4O5S. The maximum atomic E-state index is 11.8.